The number of aromatic nitrogens is 3. The summed E-state index contributed by atoms with van der Waals surface area (Å²) in [5, 5.41) is 3.45. The van der Waals surface area contributed by atoms with Crippen LogP contribution in [0.4, 0.5) is 15.9 Å². The van der Waals surface area contributed by atoms with Crippen LogP contribution in [0, 0.1) is 12.7 Å². The van der Waals surface area contributed by atoms with E-state index in [9.17, 15) is 9.18 Å². The third kappa shape index (κ3) is 4.39. The van der Waals surface area contributed by atoms with E-state index in [0.717, 1.165) is 34.0 Å². The summed E-state index contributed by atoms with van der Waals surface area (Å²) in [5.41, 5.74) is 4.47. The van der Waals surface area contributed by atoms with Crippen molar-refractivity contribution in [1.29, 1.82) is 0 Å². The molecule has 0 unspecified atom stereocenters. The summed E-state index contributed by atoms with van der Waals surface area (Å²) in [6, 6.07) is 18.0. The van der Waals surface area contributed by atoms with Crippen molar-refractivity contribution in [3.05, 3.63) is 102 Å². The van der Waals surface area contributed by atoms with E-state index in [1.807, 2.05) is 54.1 Å². The number of nitrogens with one attached hydrogen (secondary N) is 1. The smallest absolute Gasteiger partial charge is 0.231 e. The lowest BCUT2D eigenvalue weighted by Crippen LogP contribution is -2.30. The molecule has 6 nitrogen and oxygen atoms in total. The number of fused-ring (bicyclic) bond motifs is 1. The largest absolute Gasteiger partial charge is 0.339 e. The van der Waals surface area contributed by atoms with Crippen molar-refractivity contribution in [2.24, 2.45) is 0 Å². The number of anilines is 2. The van der Waals surface area contributed by atoms with Gasteiger partial charge in [0, 0.05) is 36.0 Å². The van der Waals surface area contributed by atoms with Gasteiger partial charge in [0.15, 0.2) is 0 Å². The average Bonchev–Trinajstić information content (AvgIpc) is 3.19. The first-order chi connectivity index (χ1) is 16.1. The third-order valence-electron chi connectivity index (χ3n) is 5.55. The number of amides is 1. The maximum absolute atomic E-state index is 13.5. The van der Waals surface area contributed by atoms with Gasteiger partial charge in [0.25, 0.3) is 0 Å². The Balaban J connectivity index is 1.48. The van der Waals surface area contributed by atoms with Crippen LogP contribution in [0.3, 0.4) is 0 Å². The maximum Gasteiger partial charge on any atom is 0.231 e. The molecule has 7 heteroatoms. The van der Waals surface area contributed by atoms with Gasteiger partial charge in [0.05, 0.1) is 13.0 Å². The number of aryl methyl sites for hydroxylation is 1. The number of hydrogen-bond donors (Lipinski definition) is 1. The summed E-state index contributed by atoms with van der Waals surface area (Å²) in [6.07, 6.45) is 7.25. The predicted molar refractivity (Wildman–Crippen MR) is 126 cm³/mol. The van der Waals surface area contributed by atoms with Gasteiger partial charge in [-0.1, -0.05) is 17.7 Å². The van der Waals surface area contributed by atoms with E-state index < -0.39 is 0 Å². The van der Waals surface area contributed by atoms with Crippen molar-refractivity contribution in [2.45, 2.75) is 19.9 Å². The van der Waals surface area contributed by atoms with Crippen LogP contribution >= 0.6 is 0 Å². The minimum Gasteiger partial charge on any atom is -0.339 e. The number of carbonyl (C=O) groups is 1. The molecule has 164 valence electrons. The summed E-state index contributed by atoms with van der Waals surface area (Å²) in [6.45, 7) is 2.37. The van der Waals surface area contributed by atoms with Gasteiger partial charge in [-0.15, -0.1) is 0 Å². The van der Waals surface area contributed by atoms with Crippen molar-refractivity contribution in [2.75, 3.05) is 5.32 Å². The minimum atomic E-state index is -0.302. The van der Waals surface area contributed by atoms with Crippen LogP contribution in [0.15, 0.2) is 79.3 Å². The molecule has 0 fully saturated rings. The quantitative estimate of drug-likeness (QED) is 0.467. The van der Waals surface area contributed by atoms with E-state index in [1.54, 1.807) is 35.6 Å². The Bertz CT molecular complexity index is 1310. The molecule has 3 heterocycles. The average molecular weight is 439 g/mol. The Labute approximate surface area is 191 Å². The van der Waals surface area contributed by atoms with Crippen molar-refractivity contribution in [3.63, 3.8) is 0 Å². The second-order valence-electron chi connectivity index (χ2n) is 7.95. The molecule has 0 aliphatic carbocycles. The molecule has 1 aliphatic heterocycles. The highest BCUT2D eigenvalue weighted by atomic mass is 19.1. The van der Waals surface area contributed by atoms with Crippen LogP contribution in [0.2, 0.25) is 0 Å². The van der Waals surface area contributed by atoms with Gasteiger partial charge in [0.1, 0.15) is 23.2 Å². The number of halogens is 1. The molecule has 0 radical (unpaired) electrons. The highest BCUT2D eigenvalue weighted by Crippen LogP contribution is 2.33. The number of rotatable bonds is 5. The molecule has 0 spiro atoms. The number of nitrogens with zero attached hydrogens (tertiary/aromatic N) is 4. The number of hydrogen-bond acceptors (Lipinski definition) is 4. The van der Waals surface area contributed by atoms with Crippen LogP contribution in [0.1, 0.15) is 17.0 Å². The lowest BCUT2D eigenvalue weighted by atomic mass is 10.1. The zero-order valence-corrected chi connectivity index (χ0v) is 18.1. The van der Waals surface area contributed by atoms with Crippen molar-refractivity contribution >= 4 is 23.6 Å². The normalized spacial score (nSPS) is 12.5. The molecule has 33 heavy (non-hydrogen) atoms. The standard InChI is InChI=1S/C26H22FN5O/c1-18-2-8-22(9-3-18)29-26-25(20-4-6-21(27)7-5-20)30-23-17-31(14-15-32(23)26)24(33)16-19-10-12-28-13-11-19/h2-15,29H,16-17H2,1H3. The van der Waals surface area contributed by atoms with Crippen molar-refractivity contribution < 1.29 is 9.18 Å². The van der Waals surface area contributed by atoms with E-state index in [2.05, 4.69) is 10.3 Å². The number of pyridine rings is 1. The molecule has 2 aromatic heterocycles. The minimum absolute atomic E-state index is 0.0249. The predicted octanol–water partition coefficient (Wildman–Crippen LogP) is 5.15. The summed E-state index contributed by atoms with van der Waals surface area (Å²) >= 11 is 0. The van der Waals surface area contributed by atoms with Gasteiger partial charge in [0.2, 0.25) is 5.91 Å². The fourth-order valence-electron chi connectivity index (χ4n) is 3.75. The molecule has 1 N–H and O–H groups in total. The first kappa shape index (κ1) is 20.6. The summed E-state index contributed by atoms with van der Waals surface area (Å²) in [5.74, 6) is 1.15. The molecule has 0 saturated carbocycles. The lowest BCUT2D eigenvalue weighted by Gasteiger charge is -2.23. The first-order valence-corrected chi connectivity index (χ1v) is 10.6. The number of benzene rings is 2. The Morgan fingerprint density at radius 3 is 2.45 bits per heavy atom. The number of carbonyl (C=O) groups excluding carboxylic acids is 1. The van der Waals surface area contributed by atoms with E-state index in [0.29, 0.717) is 12.2 Å². The maximum atomic E-state index is 13.5. The van der Waals surface area contributed by atoms with E-state index in [-0.39, 0.29) is 18.1 Å². The summed E-state index contributed by atoms with van der Waals surface area (Å²) < 4.78 is 15.5. The van der Waals surface area contributed by atoms with Crippen LogP contribution in [0.25, 0.3) is 17.5 Å². The molecule has 1 amide bonds. The van der Waals surface area contributed by atoms with Crippen LogP contribution in [0.5, 0.6) is 0 Å². The summed E-state index contributed by atoms with van der Waals surface area (Å²) in [7, 11) is 0. The molecule has 4 aromatic rings. The van der Waals surface area contributed by atoms with Crippen molar-refractivity contribution in [3.8, 4) is 11.3 Å². The molecular formula is C26H22FN5O. The molecule has 2 aromatic carbocycles. The van der Waals surface area contributed by atoms with E-state index in [4.69, 9.17) is 4.98 Å². The molecular weight excluding hydrogens is 417 g/mol. The Hall–Kier alpha value is -4.26. The molecule has 1 aliphatic rings. The lowest BCUT2D eigenvalue weighted by molar-refractivity contribution is -0.128. The highest BCUT2D eigenvalue weighted by molar-refractivity contribution is 5.82. The molecule has 5 rings (SSSR count). The van der Waals surface area contributed by atoms with Gasteiger partial charge in [-0.3, -0.25) is 14.3 Å². The first-order valence-electron chi connectivity index (χ1n) is 10.6. The Kier molecular flexibility index (Phi) is 5.44. The highest BCUT2D eigenvalue weighted by Gasteiger charge is 2.24. The van der Waals surface area contributed by atoms with Crippen LogP contribution in [-0.4, -0.2) is 25.3 Å². The molecule has 0 bridgehead atoms. The fourth-order valence-corrected chi connectivity index (χ4v) is 3.75. The Morgan fingerprint density at radius 2 is 1.73 bits per heavy atom. The number of imidazole rings is 1. The van der Waals surface area contributed by atoms with Gasteiger partial charge in [-0.2, -0.15) is 0 Å². The topological polar surface area (TPSA) is 63.1 Å². The van der Waals surface area contributed by atoms with Crippen LogP contribution in [-0.2, 0) is 17.8 Å². The Morgan fingerprint density at radius 1 is 1.00 bits per heavy atom. The SMILES string of the molecule is Cc1ccc(Nc2c(-c3ccc(F)cc3)nc3n2C=CN(C(=O)Cc2ccncc2)C3)cc1. The second-order valence-corrected chi connectivity index (χ2v) is 7.95. The van der Waals surface area contributed by atoms with Gasteiger partial charge < -0.3 is 10.2 Å². The van der Waals surface area contributed by atoms with Gasteiger partial charge in [-0.25, -0.2) is 9.37 Å². The monoisotopic (exact) mass is 439 g/mol. The van der Waals surface area contributed by atoms with E-state index in [1.165, 1.54) is 12.1 Å². The zero-order valence-electron chi connectivity index (χ0n) is 18.1. The fraction of sp³-hybridized carbons (Fsp3) is 0.115. The van der Waals surface area contributed by atoms with Gasteiger partial charge in [-0.05, 0) is 61.0 Å². The van der Waals surface area contributed by atoms with E-state index >= 15 is 0 Å². The molecule has 0 saturated heterocycles. The van der Waals surface area contributed by atoms with Gasteiger partial charge >= 0.3 is 0 Å². The molecule has 0 atom stereocenters. The summed E-state index contributed by atoms with van der Waals surface area (Å²) in [4.78, 5) is 23.3. The van der Waals surface area contributed by atoms with Crippen LogP contribution < -0.4 is 5.32 Å². The second kappa shape index (κ2) is 8.70. The third-order valence-corrected chi connectivity index (χ3v) is 5.55. The zero-order chi connectivity index (χ0) is 22.8. The van der Waals surface area contributed by atoms with Crippen molar-refractivity contribution in [1.82, 2.24) is 19.4 Å².